The largest absolute Gasteiger partial charge is 0.511 e. The number of sulfonamides is 1. The Balaban J connectivity index is 1.44. The molecule has 0 aliphatic carbocycles. The standard InChI is InChI=1S/C21H18F3N5O4S2/c1-14-2-4-17(5-3-14)34(30,31)29-9-7-19-18(6-8-25-20(19)29)15-10-26-28(11-15)16-12-27(13-16)35(32,33)21(22,23)24/h2-11,16H,12-13H2,1H3. The number of hydrogen-bond acceptors (Lipinski definition) is 6. The van der Waals surface area contributed by atoms with Crippen LogP contribution in [0, 0.1) is 6.92 Å². The summed E-state index contributed by atoms with van der Waals surface area (Å²) in [6, 6.07) is 9.18. The summed E-state index contributed by atoms with van der Waals surface area (Å²) < 4.78 is 90.3. The highest BCUT2D eigenvalue weighted by Gasteiger charge is 2.53. The lowest BCUT2D eigenvalue weighted by Crippen LogP contribution is -2.54. The van der Waals surface area contributed by atoms with Gasteiger partial charge in [-0.25, -0.2) is 25.8 Å². The summed E-state index contributed by atoms with van der Waals surface area (Å²) in [6.45, 7) is 1.16. The first kappa shape index (κ1) is 23.5. The van der Waals surface area contributed by atoms with Crippen LogP contribution >= 0.6 is 0 Å². The predicted octanol–water partition coefficient (Wildman–Crippen LogP) is 3.15. The van der Waals surface area contributed by atoms with Gasteiger partial charge in [-0.1, -0.05) is 17.7 Å². The van der Waals surface area contributed by atoms with Gasteiger partial charge >= 0.3 is 15.5 Å². The maximum absolute atomic E-state index is 13.2. The molecule has 0 bridgehead atoms. The van der Waals surface area contributed by atoms with Crippen LogP contribution in [-0.2, 0) is 20.0 Å². The molecule has 0 spiro atoms. The number of rotatable bonds is 5. The molecule has 4 aromatic rings. The van der Waals surface area contributed by atoms with E-state index in [1.165, 1.54) is 35.4 Å². The first-order valence-corrected chi connectivity index (χ1v) is 13.2. The summed E-state index contributed by atoms with van der Waals surface area (Å²) >= 11 is 0. The van der Waals surface area contributed by atoms with Crippen LogP contribution in [-0.4, -0.2) is 58.5 Å². The number of pyridine rings is 1. The molecular formula is C21H18F3N5O4S2. The molecule has 4 heterocycles. The number of alkyl halides is 3. The molecule has 1 aromatic carbocycles. The number of fused-ring (bicyclic) bond motifs is 1. The van der Waals surface area contributed by atoms with E-state index in [9.17, 15) is 30.0 Å². The Morgan fingerprint density at radius 3 is 2.34 bits per heavy atom. The Morgan fingerprint density at radius 1 is 1.00 bits per heavy atom. The van der Waals surface area contributed by atoms with Gasteiger partial charge in [-0.2, -0.15) is 22.6 Å². The second-order valence-electron chi connectivity index (χ2n) is 8.16. The molecule has 3 aromatic heterocycles. The third kappa shape index (κ3) is 3.81. The van der Waals surface area contributed by atoms with Crippen LogP contribution in [0.5, 0.6) is 0 Å². The van der Waals surface area contributed by atoms with Gasteiger partial charge in [0, 0.05) is 42.6 Å². The van der Waals surface area contributed by atoms with Crippen molar-refractivity contribution in [3.05, 3.63) is 66.7 Å². The molecule has 0 N–H and O–H groups in total. The monoisotopic (exact) mass is 525 g/mol. The molecule has 0 radical (unpaired) electrons. The van der Waals surface area contributed by atoms with Crippen LogP contribution in [0.1, 0.15) is 11.6 Å². The zero-order valence-corrected chi connectivity index (χ0v) is 19.7. The lowest BCUT2D eigenvalue weighted by atomic mass is 10.1. The van der Waals surface area contributed by atoms with Crippen molar-refractivity contribution in [3.8, 4) is 11.1 Å². The van der Waals surface area contributed by atoms with Crippen LogP contribution < -0.4 is 0 Å². The Labute approximate surface area is 198 Å². The molecular weight excluding hydrogens is 507 g/mol. The van der Waals surface area contributed by atoms with Crippen LogP contribution in [0.2, 0.25) is 0 Å². The highest BCUT2D eigenvalue weighted by Crippen LogP contribution is 2.35. The van der Waals surface area contributed by atoms with Gasteiger partial charge in [0.15, 0.2) is 5.65 Å². The van der Waals surface area contributed by atoms with Gasteiger partial charge in [0.25, 0.3) is 10.0 Å². The van der Waals surface area contributed by atoms with E-state index >= 15 is 0 Å². The normalized spacial score (nSPS) is 16.0. The highest BCUT2D eigenvalue weighted by molar-refractivity contribution is 7.90. The lowest BCUT2D eigenvalue weighted by molar-refractivity contribution is -0.0521. The fourth-order valence-electron chi connectivity index (χ4n) is 3.89. The minimum atomic E-state index is -5.37. The van der Waals surface area contributed by atoms with Gasteiger partial charge in [0.1, 0.15) is 0 Å². The average Bonchev–Trinajstić information content (AvgIpc) is 3.39. The number of benzene rings is 1. The zero-order chi connectivity index (χ0) is 25.2. The van der Waals surface area contributed by atoms with Crippen molar-refractivity contribution in [2.75, 3.05) is 13.1 Å². The van der Waals surface area contributed by atoms with Crippen LogP contribution in [0.3, 0.4) is 0 Å². The SMILES string of the molecule is Cc1ccc(S(=O)(=O)n2ccc3c(-c4cnn(C5CN(S(=O)(=O)C(F)(F)F)C5)c4)ccnc32)cc1. The lowest BCUT2D eigenvalue weighted by Gasteiger charge is -2.38. The molecule has 9 nitrogen and oxygen atoms in total. The molecule has 1 aliphatic rings. The Morgan fingerprint density at radius 2 is 1.69 bits per heavy atom. The Kier molecular flexibility index (Phi) is 5.30. The van der Waals surface area contributed by atoms with Gasteiger partial charge in [0.05, 0.1) is 17.1 Å². The fourth-order valence-corrected chi connectivity index (χ4v) is 6.22. The fraction of sp³-hybridized carbons (Fsp3) is 0.238. The van der Waals surface area contributed by atoms with E-state index in [2.05, 4.69) is 10.1 Å². The van der Waals surface area contributed by atoms with E-state index in [0.29, 0.717) is 20.8 Å². The molecule has 1 fully saturated rings. The summed E-state index contributed by atoms with van der Waals surface area (Å²) in [5.74, 6) is 0. The third-order valence-electron chi connectivity index (χ3n) is 5.88. The van der Waals surface area contributed by atoms with Crippen molar-refractivity contribution in [3.63, 3.8) is 0 Å². The molecule has 14 heteroatoms. The van der Waals surface area contributed by atoms with Crippen molar-refractivity contribution < 1.29 is 30.0 Å². The minimum Gasteiger partial charge on any atom is -0.266 e. The van der Waals surface area contributed by atoms with E-state index in [1.807, 2.05) is 6.92 Å². The maximum atomic E-state index is 13.2. The highest BCUT2D eigenvalue weighted by atomic mass is 32.2. The molecule has 35 heavy (non-hydrogen) atoms. The maximum Gasteiger partial charge on any atom is 0.511 e. The van der Waals surface area contributed by atoms with E-state index in [4.69, 9.17) is 0 Å². The average molecular weight is 526 g/mol. The second-order valence-corrected chi connectivity index (χ2v) is 11.9. The van der Waals surface area contributed by atoms with E-state index in [0.717, 1.165) is 9.54 Å². The summed E-state index contributed by atoms with van der Waals surface area (Å²) in [4.78, 5) is 4.36. The van der Waals surface area contributed by atoms with Gasteiger partial charge in [0.2, 0.25) is 0 Å². The smallest absolute Gasteiger partial charge is 0.266 e. The number of aromatic nitrogens is 4. The van der Waals surface area contributed by atoms with Crippen LogP contribution in [0.15, 0.2) is 66.1 Å². The van der Waals surface area contributed by atoms with Gasteiger partial charge < -0.3 is 0 Å². The minimum absolute atomic E-state index is 0.115. The quantitative estimate of drug-likeness (QED) is 0.396. The first-order valence-electron chi connectivity index (χ1n) is 10.3. The number of halogens is 3. The molecule has 0 atom stereocenters. The summed E-state index contributed by atoms with van der Waals surface area (Å²) in [7, 11) is -9.26. The second kappa shape index (κ2) is 7.90. The predicted molar refractivity (Wildman–Crippen MR) is 120 cm³/mol. The van der Waals surface area contributed by atoms with Crippen molar-refractivity contribution in [2.45, 2.75) is 23.4 Å². The van der Waals surface area contributed by atoms with Crippen molar-refractivity contribution >= 4 is 31.1 Å². The summed E-state index contributed by atoms with van der Waals surface area (Å²) in [5, 5.41) is 4.72. The third-order valence-corrected chi connectivity index (χ3v) is 9.12. The zero-order valence-electron chi connectivity index (χ0n) is 18.1. The van der Waals surface area contributed by atoms with Crippen molar-refractivity contribution in [1.82, 2.24) is 23.0 Å². The summed E-state index contributed by atoms with van der Waals surface area (Å²) in [6.07, 6.45) is 5.94. The van der Waals surface area contributed by atoms with E-state index < -0.39 is 31.6 Å². The number of hydrogen-bond donors (Lipinski definition) is 0. The molecule has 5 rings (SSSR count). The van der Waals surface area contributed by atoms with Crippen molar-refractivity contribution in [2.24, 2.45) is 0 Å². The molecule has 0 unspecified atom stereocenters. The Bertz CT molecular complexity index is 1640. The number of nitrogens with zero attached hydrogens (tertiary/aromatic N) is 5. The first-order chi connectivity index (χ1) is 16.4. The molecule has 0 amide bonds. The molecule has 184 valence electrons. The molecule has 0 saturated carbocycles. The van der Waals surface area contributed by atoms with E-state index in [-0.39, 0.29) is 23.6 Å². The topological polar surface area (TPSA) is 107 Å². The van der Waals surface area contributed by atoms with Crippen LogP contribution in [0.25, 0.3) is 22.2 Å². The van der Waals surface area contributed by atoms with Crippen molar-refractivity contribution in [1.29, 1.82) is 0 Å². The van der Waals surface area contributed by atoms with E-state index in [1.54, 1.807) is 30.5 Å². The number of aryl methyl sites for hydroxylation is 1. The van der Waals surface area contributed by atoms with Crippen LogP contribution in [0.4, 0.5) is 13.2 Å². The molecule has 1 saturated heterocycles. The molecule has 1 aliphatic heterocycles. The Hall–Kier alpha value is -3.23. The van der Waals surface area contributed by atoms with Gasteiger partial charge in [-0.05, 0) is 36.8 Å². The van der Waals surface area contributed by atoms with Gasteiger partial charge in [-0.3, -0.25) is 4.68 Å². The van der Waals surface area contributed by atoms with Gasteiger partial charge in [-0.15, -0.1) is 0 Å². The summed E-state index contributed by atoms with van der Waals surface area (Å²) in [5.41, 5.74) is -3.01.